The predicted molar refractivity (Wildman–Crippen MR) is 127 cm³/mol. The first kappa shape index (κ1) is 23.6. The average molecular weight is 468 g/mol. The highest BCUT2D eigenvalue weighted by molar-refractivity contribution is 6.23. The number of nitrogens with one attached hydrogen (secondary N) is 1. The molecule has 0 bridgehead atoms. The van der Waals surface area contributed by atoms with E-state index in [0.29, 0.717) is 67.8 Å². The number of anilines is 2. The molecule has 0 aromatic heterocycles. The minimum Gasteiger partial charge on any atom is -0.492 e. The molecule has 2 heterocycles. The number of fused-ring (bicyclic) bond motifs is 1. The number of benzene rings is 2. The molecular formula is C25H29N3O6. The van der Waals surface area contributed by atoms with Gasteiger partial charge in [-0.1, -0.05) is 12.1 Å². The number of carbonyl (C=O) groups excluding carboxylic acids is 3. The van der Waals surface area contributed by atoms with Gasteiger partial charge in [0.05, 0.1) is 48.9 Å². The second-order valence-electron chi connectivity index (χ2n) is 7.97. The fourth-order valence-corrected chi connectivity index (χ4v) is 4.16. The van der Waals surface area contributed by atoms with Gasteiger partial charge in [-0.25, -0.2) is 0 Å². The molecule has 1 atom stereocenters. The van der Waals surface area contributed by atoms with Crippen LogP contribution in [0.1, 0.15) is 41.5 Å². The summed E-state index contributed by atoms with van der Waals surface area (Å²) in [7, 11) is 0. The highest BCUT2D eigenvalue weighted by Gasteiger charge is 2.40. The highest BCUT2D eigenvalue weighted by atomic mass is 16.5. The van der Waals surface area contributed by atoms with Crippen molar-refractivity contribution in [3.8, 4) is 11.5 Å². The maximum Gasteiger partial charge on any atom is 0.262 e. The molecule has 180 valence electrons. The van der Waals surface area contributed by atoms with Crippen LogP contribution in [0.2, 0.25) is 0 Å². The zero-order valence-corrected chi connectivity index (χ0v) is 19.6. The molecule has 9 nitrogen and oxygen atoms in total. The van der Waals surface area contributed by atoms with Gasteiger partial charge in [0, 0.05) is 25.2 Å². The molecule has 0 saturated carbocycles. The number of amides is 3. The second-order valence-corrected chi connectivity index (χ2v) is 7.97. The molecule has 1 saturated heterocycles. The number of ether oxygens (including phenoxy) is 3. The third-order valence-electron chi connectivity index (χ3n) is 5.86. The number of hydrogen-bond acceptors (Lipinski definition) is 7. The molecule has 0 radical (unpaired) electrons. The molecule has 2 aliphatic heterocycles. The van der Waals surface area contributed by atoms with Crippen LogP contribution in [0.25, 0.3) is 0 Å². The van der Waals surface area contributed by atoms with Gasteiger partial charge >= 0.3 is 0 Å². The molecule has 1 fully saturated rings. The van der Waals surface area contributed by atoms with Crippen molar-refractivity contribution >= 4 is 29.1 Å². The van der Waals surface area contributed by atoms with Crippen LogP contribution in [0.5, 0.6) is 11.5 Å². The van der Waals surface area contributed by atoms with Gasteiger partial charge in [0.25, 0.3) is 11.8 Å². The summed E-state index contributed by atoms with van der Waals surface area (Å²) in [5.41, 5.74) is 1.88. The number of morpholine rings is 1. The fraction of sp³-hybridized carbons (Fsp3) is 0.400. The summed E-state index contributed by atoms with van der Waals surface area (Å²) in [5, 5.41) is 2.84. The second kappa shape index (κ2) is 10.1. The van der Waals surface area contributed by atoms with Gasteiger partial charge in [-0.15, -0.1) is 0 Å². The molecule has 34 heavy (non-hydrogen) atoms. The lowest BCUT2D eigenvalue weighted by Gasteiger charge is -2.31. The lowest BCUT2D eigenvalue weighted by molar-refractivity contribution is -0.119. The van der Waals surface area contributed by atoms with E-state index >= 15 is 0 Å². The predicted octanol–water partition coefficient (Wildman–Crippen LogP) is 2.94. The van der Waals surface area contributed by atoms with E-state index in [1.807, 2.05) is 19.9 Å². The quantitative estimate of drug-likeness (QED) is 0.596. The number of hydrogen-bond donors (Lipinski definition) is 1. The van der Waals surface area contributed by atoms with Gasteiger partial charge < -0.3 is 24.4 Å². The molecule has 2 aromatic rings. The fourth-order valence-electron chi connectivity index (χ4n) is 4.16. The largest absolute Gasteiger partial charge is 0.492 e. The Morgan fingerprint density at radius 2 is 1.59 bits per heavy atom. The van der Waals surface area contributed by atoms with Crippen molar-refractivity contribution in [3.05, 3.63) is 47.5 Å². The van der Waals surface area contributed by atoms with Gasteiger partial charge in [0.1, 0.15) is 17.5 Å². The van der Waals surface area contributed by atoms with Gasteiger partial charge in [-0.05, 0) is 32.9 Å². The van der Waals surface area contributed by atoms with Gasteiger partial charge in [0.15, 0.2) is 0 Å². The topological polar surface area (TPSA) is 97.4 Å². The lowest BCUT2D eigenvalue weighted by Crippen LogP contribution is -2.45. The number of nitrogens with zero attached hydrogens (tertiary/aromatic N) is 2. The Hall–Kier alpha value is -3.59. The van der Waals surface area contributed by atoms with Crippen LogP contribution in [-0.4, -0.2) is 68.2 Å². The molecule has 2 aliphatic rings. The molecule has 4 rings (SSSR count). The summed E-state index contributed by atoms with van der Waals surface area (Å²) in [6.07, 6.45) is 0. The first-order valence-corrected chi connectivity index (χ1v) is 11.5. The Morgan fingerprint density at radius 1 is 1.00 bits per heavy atom. The van der Waals surface area contributed by atoms with E-state index < -0.39 is 23.8 Å². The Morgan fingerprint density at radius 3 is 2.18 bits per heavy atom. The maximum atomic E-state index is 13.2. The van der Waals surface area contributed by atoms with E-state index in [0.717, 1.165) is 10.6 Å². The van der Waals surface area contributed by atoms with E-state index in [1.54, 1.807) is 30.3 Å². The standard InChI is InChI=1S/C25H29N3O6/c1-4-33-21-15-20(27-10-12-32-13-11-27)22(34-5-2)14-19(21)26-23(29)16(3)28-24(30)17-8-6-7-9-18(17)25(28)31/h6-9,14-16H,4-5,10-13H2,1-3H3,(H,26,29)/t16-/m1/s1. The van der Waals surface area contributed by atoms with Gasteiger partial charge in [-0.3, -0.25) is 19.3 Å². The highest BCUT2D eigenvalue weighted by Crippen LogP contribution is 2.39. The van der Waals surface area contributed by atoms with Gasteiger partial charge in [0.2, 0.25) is 5.91 Å². The van der Waals surface area contributed by atoms with Crippen LogP contribution in [0.15, 0.2) is 36.4 Å². The molecule has 0 unspecified atom stereocenters. The van der Waals surface area contributed by atoms with Crippen molar-refractivity contribution in [2.24, 2.45) is 0 Å². The van der Waals surface area contributed by atoms with Crippen LogP contribution < -0.4 is 19.7 Å². The van der Waals surface area contributed by atoms with E-state index in [2.05, 4.69) is 10.2 Å². The first-order chi connectivity index (χ1) is 16.5. The van der Waals surface area contributed by atoms with Crippen molar-refractivity contribution in [2.45, 2.75) is 26.8 Å². The van der Waals surface area contributed by atoms with Gasteiger partial charge in [-0.2, -0.15) is 0 Å². The minimum absolute atomic E-state index is 0.302. The van der Waals surface area contributed by atoms with Crippen molar-refractivity contribution in [2.75, 3.05) is 49.7 Å². The van der Waals surface area contributed by atoms with Crippen LogP contribution in [0.3, 0.4) is 0 Å². The Bertz CT molecular complexity index is 1060. The van der Waals surface area contributed by atoms with E-state index in [-0.39, 0.29) is 0 Å². The van der Waals surface area contributed by atoms with Crippen LogP contribution in [0, 0.1) is 0 Å². The van der Waals surface area contributed by atoms with Crippen LogP contribution in [-0.2, 0) is 9.53 Å². The smallest absolute Gasteiger partial charge is 0.262 e. The molecule has 1 N–H and O–H groups in total. The third kappa shape index (κ3) is 4.43. The maximum absolute atomic E-state index is 13.2. The normalized spacial score (nSPS) is 16.3. The number of rotatable bonds is 8. The van der Waals surface area contributed by atoms with Crippen molar-refractivity contribution in [1.29, 1.82) is 0 Å². The SMILES string of the molecule is CCOc1cc(N2CCOCC2)c(OCC)cc1NC(=O)[C@@H](C)N1C(=O)c2ccccc2C1=O. The molecular weight excluding hydrogens is 438 g/mol. The summed E-state index contributed by atoms with van der Waals surface area (Å²) in [4.78, 5) is 41.9. The molecule has 2 aromatic carbocycles. The summed E-state index contributed by atoms with van der Waals surface area (Å²) in [6.45, 7) is 8.79. The van der Waals surface area contributed by atoms with Crippen molar-refractivity contribution < 1.29 is 28.6 Å². The van der Waals surface area contributed by atoms with Crippen molar-refractivity contribution in [1.82, 2.24) is 4.90 Å². The molecule has 0 spiro atoms. The number of carbonyl (C=O) groups is 3. The van der Waals surface area contributed by atoms with E-state index in [9.17, 15) is 14.4 Å². The summed E-state index contributed by atoms with van der Waals surface area (Å²) < 4.78 is 17.2. The third-order valence-corrected chi connectivity index (χ3v) is 5.86. The summed E-state index contributed by atoms with van der Waals surface area (Å²) in [5.74, 6) is -0.374. The Labute approximate surface area is 198 Å². The zero-order valence-electron chi connectivity index (χ0n) is 19.6. The Balaban J connectivity index is 1.61. The summed E-state index contributed by atoms with van der Waals surface area (Å²) in [6, 6.07) is 9.12. The van der Waals surface area contributed by atoms with Crippen LogP contribution in [0.4, 0.5) is 11.4 Å². The molecule has 0 aliphatic carbocycles. The lowest BCUT2D eigenvalue weighted by atomic mass is 10.1. The summed E-state index contributed by atoms with van der Waals surface area (Å²) >= 11 is 0. The zero-order chi connectivity index (χ0) is 24.2. The average Bonchev–Trinajstić information content (AvgIpc) is 3.11. The van der Waals surface area contributed by atoms with Crippen molar-refractivity contribution in [3.63, 3.8) is 0 Å². The molecule has 3 amide bonds. The monoisotopic (exact) mass is 467 g/mol. The van der Waals surface area contributed by atoms with Crippen LogP contribution >= 0.6 is 0 Å². The first-order valence-electron chi connectivity index (χ1n) is 11.5. The van der Waals surface area contributed by atoms with E-state index in [4.69, 9.17) is 14.2 Å². The van der Waals surface area contributed by atoms with E-state index in [1.165, 1.54) is 6.92 Å². The minimum atomic E-state index is -1.02. The molecule has 9 heteroatoms. The number of imide groups is 1. The Kier molecular flexibility index (Phi) is 7.02.